The summed E-state index contributed by atoms with van der Waals surface area (Å²) >= 11 is 0.978. The number of anilines is 2. The first-order chi connectivity index (χ1) is 13.1. The third-order valence-corrected chi connectivity index (χ3v) is 6.89. The number of nitrogens with one attached hydrogen (secondary N) is 1. The molecule has 152 valence electrons. The van der Waals surface area contributed by atoms with Crippen molar-refractivity contribution in [3.63, 3.8) is 0 Å². The van der Waals surface area contributed by atoms with E-state index in [0.29, 0.717) is 32.0 Å². The van der Waals surface area contributed by atoms with E-state index in [1.807, 2.05) is 17.0 Å². The molecule has 2 heterocycles. The molecule has 1 fully saturated rings. The SMILES string of the molecule is CC(C)(C)c1ccc(S(=O)(=O)Nc2ccsc2C(=O)O)c(N2CCOCC2)c1. The molecule has 1 aliphatic heterocycles. The van der Waals surface area contributed by atoms with Crippen LogP contribution in [0.15, 0.2) is 34.5 Å². The van der Waals surface area contributed by atoms with E-state index in [1.54, 1.807) is 11.4 Å². The highest BCUT2D eigenvalue weighted by Gasteiger charge is 2.27. The summed E-state index contributed by atoms with van der Waals surface area (Å²) in [6.07, 6.45) is 0. The number of hydrogen-bond donors (Lipinski definition) is 2. The molecule has 0 spiro atoms. The topological polar surface area (TPSA) is 95.9 Å². The Kier molecular flexibility index (Phi) is 5.69. The molecule has 9 heteroatoms. The Morgan fingerprint density at radius 2 is 1.89 bits per heavy atom. The number of carbonyl (C=O) groups is 1. The fourth-order valence-corrected chi connectivity index (χ4v) is 5.05. The van der Waals surface area contributed by atoms with Crippen LogP contribution in [0.1, 0.15) is 36.0 Å². The lowest BCUT2D eigenvalue weighted by Crippen LogP contribution is -2.37. The second-order valence-electron chi connectivity index (χ2n) is 7.61. The lowest BCUT2D eigenvalue weighted by atomic mass is 9.87. The van der Waals surface area contributed by atoms with Crippen molar-refractivity contribution in [3.05, 3.63) is 40.1 Å². The van der Waals surface area contributed by atoms with Gasteiger partial charge in [-0.05, 0) is 34.6 Å². The Bertz CT molecular complexity index is 970. The highest BCUT2D eigenvalue weighted by atomic mass is 32.2. The predicted octanol–water partition coefficient (Wildman–Crippen LogP) is 3.38. The quantitative estimate of drug-likeness (QED) is 0.764. The lowest BCUT2D eigenvalue weighted by Gasteiger charge is -2.32. The van der Waals surface area contributed by atoms with Gasteiger partial charge in [0.05, 0.1) is 24.6 Å². The first-order valence-electron chi connectivity index (χ1n) is 8.90. The van der Waals surface area contributed by atoms with Crippen molar-refractivity contribution in [1.82, 2.24) is 0 Å². The number of ether oxygens (including phenoxy) is 1. The minimum Gasteiger partial charge on any atom is -0.477 e. The number of morpholine rings is 1. The van der Waals surface area contributed by atoms with Crippen LogP contribution in [-0.4, -0.2) is 45.8 Å². The first-order valence-corrected chi connectivity index (χ1v) is 11.3. The molecule has 1 aliphatic rings. The van der Waals surface area contributed by atoms with Crippen molar-refractivity contribution in [1.29, 1.82) is 0 Å². The summed E-state index contributed by atoms with van der Waals surface area (Å²) in [5.74, 6) is -1.16. The standard InChI is InChI=1S/C19H24N2O5S2/c1-19(2,3)13-4-5-16(15(12-13)21-7-9-26-10-8-21)28(24,25)20-14-6-11-27-17(14)18(22)23/h4-6,11-12,20H,7-10H2,1-3H3,(H,22,23). The van der Waals surface area contributed by atoms with Crippen LogP contribution in [0, 0.1) is 0 Å². The maximum Gasteiger partial charge on any atom is 0.348 e. The fourth-order valence-electron chi connectivity index (χ4n) is 3.02. The van der Waals surface area contributed by atoms with E-state index < -0.39 is 16.0 Å². The molecule has 0 amide bonds. The zero-order chi connectivity index (χ0) is 20.5. The molecule has 28 heavy (non-hydrogen) atoms. The van der Waals surface area contributed by atoms with Gasteiger partial charge in [-0.25, -0.2) is 13.2 Å². The van der Waals surface area contributed by atoms with Crippen molar-refractivity contribution >= 4 is 38.7 Å². The van der Waals surface area contributed by atoms with E-state index in [1.165, 1.54) is 6.07 Å². The molecule has 0 radical (unpaired) electrons. The monoisotopic (exact) mass is 424 g/mol. The van der Waals surface area contributed by atoms with Gasteiger partial charge in [-0.15, -0.1) is 11.3 Å². The maximum atomic E-state index is 13.1. The highest BCUT2D eigenvalue weighted by Crippen LogP contribution is 2.34. The average molecular weight is 425 g/mol. The molecule has 1 saturated heterocycles. The molecule has 0 saturated carbocycles. The molecule has 3 rings (SSSR count). The largest absolute Gasteiger partial charge is 0.477 e. The van der Waals surface area contributed by atoms with Gasteiger partial charge in [0, 0.05) is 13.1 Å². The molecule has 2 aromatic rings. The Balaban J connectivity index is 2.05. The van der Waals surface area contributed by atoms with Crippen molar-refractivity contribution in [3.8, 4) is 0 Å². The minimum atomic E-state index is -3.97. The number of sulfonamides is 1. The van der Waals surface area contributed by atoms with Gasteiger partial charge in [0.2, 0.25) is 0 Å². The summed E-state index contributed by atoms with van der Waals surface area (Å²) in [4.78, 5) is 13.4. The Hall–Kier alpha value is -2.10. The van der Waals surface area contributed by atoms with Crippen LogP contribution in [0.3, 0.4) is 0 Å². The number of benzene rings is 1. The summed E-state index contributed by atoms with van der Waals surface area (Å²) in [5, 5.41) is 10.8. The zero-order valence-electron chi connectivity index (χ0n) is 16.1. The number of aromatic carboxylic acids is 1. The van der Waals surface area contributed by atoms with Crippen LogP contribution in [0.25, 0.3) is 0 Å². The molecule has 0 bridgehead atoms. The molecule has 1 aromatic heterocycles. The lowest BCUT2D eigenvalue weighted by molar-refractivity contribution is 0.0703. The second-order valence-corrected chi connectivity index (χ2v) is 10.2. The molecule has 0 atom stereocenters. The molecular formula is C19H24N2O5S2. The normalized spacial score (nSPS) is 15.5. The number of carboxylic acid groups (broad SMARTS) is 1. The van der Waals surface area contributed by atoms with Crippen molar-refractivity contribution < 1.29 is 23.1 Å². The van der Waals surface area contributed by atoms with Crippen LogP contribution >= 0.6 is 11.3 Å². The molecule has 0 unspecified atom stereocenters. The van der Waals surface area contributed by atoms with Gasteiger partial charge < -0.3 is 14.7 Å². The van der Waals surface area contributed by atoms with Crippen molar-refractivity contribution in [2.24, 2.45) is 0 Å². The van der Waals surface area contributed by atoms with Crippen LogP contribution in [0.5, 0.6) is 0 Å². The fraction of sp³-hybridized carbons (Fsp3) is 0.421. The average Bonchev–Trinajstić information content (AvgIpc) is 3.09. The van der Waals surface area contributed by atoms with E-state index in [-0.39, 0.29) is 20.9 Å². The Morgan fingerprint density at radius 3 is 2.50 bits per heavy atom. The van der Waals surface area contributed by atoms with Gasteiger partial charge in [-0.3, -0.25) is 4.72 Å². The van der Waals surface area contributed by atoms with Crippen LogP contribution in [0.4, 0.5) is 11.4 Å². The van der Waals surface area contributed by atoms with Gasteiger partial charge >= 0.3 is 5.97 Å². The minimum absolute atomic E-state index is 0.0391. The number of hydrogen-bond acceptors (Lipinski definition) is 6. The van der Waals surface area contributed by atoms with E-state index in [9.17, 15) is 18.3 Å². The van der Waals surface area contributed by atoms with Gasteiger partial charge in [-0.1, -0.05) is 26.8 Å². The van der Waals surface area contributed by atoms with E-state index >= 15 is 0 Å². The smallest absolute Gasteiger partial charge is 0.348 e. The molecule has 0 aliphatic carbocycles. The number of rotatable bonds is 5. The Morgan fingerprint density at radius 1 is 1.21 bits per heavy atom. The summed E-state index contributed by atoms with van der Waals surface area (Å²) < 4.78 is 34.1. The van der Waals surface area contributed by atoms with E-state index in [0.717, 1.165) is 16.9 Å². The summed E-state index contributed by atoms with van der Waals surface area (Å²) in [6, 6.07) is 6.78. The number of carboxylic acids is 1. The van der Waals surface area contributed by atoms with Gasteiger partial charge in [0.15, 0.2) is 0 Å². The zero-order valence-corrected chi connectivity index (χ0v) is 17.7. The molecule has 1 aromatic carbocycles. The molecule has 7 nitrogen and oxygen atoms in total. The highest BCUT2D eigenvalue weighted by molar-refractivity contribution is 7.93. The number of thiophene rings is 1. The van der Waals surface area contributed by atoms with Crippen LogP contribution in [0.2, 0.25) is 0 Å². The molecular weight excluding hydrogens is 400 g/mol. The third-order valence-electron chi connectivity index (χ3n) is 4.57. The van der Waals surface area contributed by atoms with Crippen LogP contribution < -0.4 is 9.62 Å². The maximum absolute atomic E-state index is 13.1. The number of nitrogens with zero attached hydrogens (tertiary/aromatic N) is 1. The molecule has 2 N–H and O–H groups in total. The van der Waals surface area contributed by atoms with Crippen molar-refractivity contribution in [2.75, 3.05) is 35.9 Å². The van der Waals surface area contributed by atoms with Gasteiger partial charge in [0.25, 0.3) is 10.0 Å². The summed E-state index contributed by atoms with van der Waals surface area (Å²) in [6.45, 7) is 8.46. The summed E-state index contributed by atoms with van der Waals surface area (Å²) in [7, 11) is -3.97. The van der Waals surface area contributed by atoms with E-state index in [4.69, 9.17) is 4.74 Å². The summed E-state index contributed by atoms with van der Waals surface area (Å²) in [5.41, 5.74) is 1.57. The van der Waals surface area contributed by atoms with E-state index in [2.05, 4.69) is 25.5 Å². The van der Waals surface area contributed by atoms with Gasteiger partial charge in [0.1, 0.15) is 9.77 Å². The van der Waals surface area contributed by atoms with Gasteiger partial charge in [-0.2, -0.15) is 0 Å². The second kappa shape index (κ2) is 7.73. The first kappa shape index (κ1) is 20.6. The Labute approximate surface area is 169 Å². The third kappa shape index (κ3) is 4.31. The predicted molar refractivity (Wildman–Crippen MR) is 110 cm³/mol. The van der Waals surface area contributed by atoms with Crippen molar-refractivity contribution in [2.45, 2.75) is 31.1 Å². The van der Waals surface area contributed by atoms with Crippen LogP contribution in [-0.2, 0) is 20.2 Å².